The fraction of sp³-hybridized carbons (Fsp3) is 0.150. The van der Waals surface area contributed by atoms with E-state index in [1.54, 1.807) is 35.1 Å². The summed E-state index contributed by atoms with van der Waals surface area (Å²) >= 11 is 0. The van der Waals surface area contributed by atoms with Crippen LogP contribution in [0.5, 0.6) is 0 Å². The molecule has 1 aliphatic heterocycles. The monoisotopic (exact) mass is 409 g/mol. The summed E-state index contributed by atoms with van der Waals surface area (Å²) in [5.41, 5.74) is 3.25. The van der Waals surface area contributed by atoms with Crippen LogP contribution in [0.1, 0.15) is 11.1 Å². The predicted molar refractivity (Wildman–Crippen MR) is 112 cm³/mol. The summed E-state index contributed by atoms with van der Waals surface area (Å²) < 4.78 is 31.6. The maximum Gasteiger partial charge on any atom is 0.345 e. The van der Waals surface area contributed by atoms with Gasteiger partial charge in [-0.25, -0.2) is 4.31 Å². The Morgan fingerprint density at radius 3 is 2.66 bits per heavy atom. The average molecular weight is 409 g/mol. The number of allylic oxidation sites excluding steroid dienone is 1. The molecule has 0 radical (unpaired) electrons. The zero-order valence-corrected chi connectivity index (χ0v) is 16.9. The molecule has 29 heavy (non-hydrogen) atoms. The van der Waals surface area contributed by atoms with Crippen LogP contribution in [0.3, 0.4) is 0 Å². The smallest absolute Gasteiger partial charge is 0.321 e. The zero-order chi connectivity index (χ0) is 20.8. The van der Waals surface area contributed by atoms with E-state index < -0.39 is 16.1 Å². The highest BCUT2D eigenvalue weighted by Gasteiger charge is 2.30. The highest BCUT2D eigenvalue weighted by molar-refractivity contribution is 7.88. The number of aromatic nitrogens is 2. The van der Waals surface area contributed by atoms with Crippen molar-refractivity contribution < 1.29 is 13.2 Å². The zero-order valence-electron chi connectivity index (χ0n) is 16.1. The Morgan fingerprint density at radius 1 is 1.10 bits per heavy atom. The number of nitrogens with one attached hydrogen (secondary N) is 1. The number of hydrogen-bond acceptors (Lipinski definition) is 4. The SMILES string of the molecule is Cc1cccc(NC(=O)C2=CC(c3ccc4c(cnn4C)c3)=NS(=O)(=O)N2C)c1. The minimum Gasteiger partial charge on any atom is -0.321 e. The van der Waals surface area contributed by atoms with Crippen LogP contribution in [-0.4, -0.2) is 41.2 Å². The molecule has 4 rings (SSSR count). The molecule has 1 amide bonds. The molecule has 0 spiro atoms. The molecule has 9 heteroatoms. The summed E-state index contributed by atoms with van der Waals surface area (Å²) in [7, 11) is -0.896. The molecule has 0 fully saturated rings. The number of carbonyl (C=O) groups is 1. The summed E-state index contributed by atoms with van der Waals surface area (Å²) in [5, 5.41) is 7.78. The number of benzene rings is 2. The first kappa shape index (κ1) is 18.9. The molecule has 0 unspecified atom stereocenters. The van der Waals surface area contributed by atoms with Crippen LogP contribution in [0.2, 0.25) is 0 Å². The Hall–Kier alpha value is -3.46. The third-order valence-electron chi connectivity index (χ3n) is 4.72. The molecule has 2 aromatic carbocycles. The number of anilines is 1. The molecule has 0 saturated carbocycles. The van der Waals surface area contributed by atoms with E-state index in [9.17, 15) is 13.2 Å². The Morgan fingerprint density at radius 2 is 1.90 bits per heavy atom. The van der Waals surface area contributed by atoms with Gasteiger partial charge in [-0.05, 0) is 42.8 Å². The number of carbonyl (C=O) groups excluding carboxylic acids is 1. The molecule has 148 valence electrons. The van der Waals surface area contributed by atoms with Gasteiger partial charge in [0, 0.05) is 30.7 Å². The van der Waals surface area contributed by atoms with E-state index in [2.05, 4.69) is 14.8 Å². The summed E-state index contributed by atoms with van der Waals surface area (Å²) in [6, 6.07) is 12.7. The molecule has 2 heterocycles. The standard InChI is InChI=1S/C20H19N5O3S/c1-13-5-4-6-16(9-13)22-20(26)19-11-17(23-29(27,28)25(19)3)14-7-8-18-15(10-14)12-21-24(18)2/h4-12H,1-3H3,(H,22,26). The van der Waals surface area contributed by atoms with E-state index in [1.807, 2.05) is 32.2 Å². The van der Waals surface area contributed by atoms with E-state index in [-0.39, 0.29) is 11.4 Å². The maximum atomic E-state index is 12.8. The minimum absolute atomic E-state index is 0.0113. The van der Waals surface area contributed by atoms with Gasteiger partial charge >= 0.3 is 10.2 Å². The summed E-state index contributed by atoms with van der Waals surface area (Å²) in [4.78, 5) is 12.8. The lowest BCUT2D eigenvalue weighted by atomic mass is 10.1. The molecule has 0 aliphatic carbocycles. The molecular weight excluding hydrogens is 390 g/mol. The van der Waals surface area contributed by atoms with Crippen LogP contribution in [0, 0.1) is 6.92 Å². The van der Waals surface area contributed by atoms with Crippen molar-refractivity contribution in [3.63, 3.8) is 0 Å². The van der Waals surface area contributed by atoms with Crippen LogP contribution >= 0.6 is 0 Å². The third kappa shape index (κ3) is 3.52. The Kier molecular flexibility index (Phi) is 4.46. The molecule has 8 nitrogen and oxygen atoms in total. The highest BCUT2D eigenvalue weighted by atomic mass is 32.2. The second-order valence-corrected chi connectivity index (χ2v) is 8.44. The van der Waals surface area contributed by atoms with Crippen molar-refractivity contribution >= 4 is 38.4 Å². The number of hydrogen-bond donors (Lipinski definition) is 1. The number of nitrogens with zero attached hydrogens (tertiary/aromatic N) is 4. The van der Waals surface area contributed by atoms with Gasteiger partial charge in [0.25, 0.3) is 5.91 Å². The van der Waals surface area contributed by atoms with Crippen molar-refractivity contribution in [2.45, 2.75) is 6.92 Å². The second kappa shape index (κ2) is 6.85. The van der Waals surface area contributed by atoms with Gasteiger partial charge in [0.1, 0.15) is 5.70 Å². The van der Waals surface area contributed by atoms with Gasteiger partial charge in [-0.15, -0.1) is 4.40 Å². The maximum absolute atomic E-state index is 12.8. The van der Waals surface area contributed by atoms with E-state index in [1.165, 1.54) is 13.1 Å². The third-order valence-corrected chi connectivity index (χ3v) is 6.04. The van der Waals surface area contributed by atoms with Gasteiger partial charge in [0.15, 0.2) is 0 Å². The molecule has 0 atom stereocenters. The van der Waals surface area contributed by atoms with Gasteiger partial charge < -0.3 is 5.32 Å². The quantitative estimate of drug-likeness (QED) is 0.718. The lowest BCUT2D eigenvalue weighted by Gasteiger charge is -2.23. The minimum atomic E-state index is -4.03. The summed E-state index contributed by atoms with van der Waals surface area (Å²) in [5.74, 6) is -0.531. The van der Waals surface area contributed by atoms with Crippen LogP contribution in [0.15, 0.2) is 64.8 Å². The number of amides is 1. The van der Waals surface area contributed by atoms with Crippen molar-refractivity contribution in [1.29, 1.82) is 0 Å². The van der Waals surface area contributed by atoms with Crippen molar-refractivity contribution in [3.8, 4) is 0 Å². The Balaban J connectivity index is 1.73. The van der Waals surface area contributed by atoms with E-state index >= 15 is 0 Å². The van der Waals surface area contributed by atoms with Crippen LogP contribution < -0.4 is 5.32 Å². The first-order valence-electron chi connectivity index (χ1n) is 8.85. The number of aryl methyl sites for hydroxylation is 2. The van der Waals surface area contributed by atoms with Crippen LogP contribution in [-0.2, 0) is 22.1 Å². The number of likely N-dealkylation sites (N-methyl/N-ethyl adjacent to an activating group) is 1. The molecular formula is C20H19N5O3S. The highest BCUT2D eigenvalue weighted by Crippen LogP contribution is 2.23. The molecule has 0 bridgehead atoms. The average Bonchev–Trinajstić information content (AvgIpc) is 3.04. The van der Waals surface area contributed by atoms with E-state index in [0.717, 1.165) is 20.8 Å². The lowest BCUT2D eigenvalue weighted by Crippen LogP contribution is -2.35. The predicted octanol–water partition coefficient (Wildman–Crippen LogP) is 2.38. The molecule has 1 aliphatic rings. The lowest BCUT2D eigenvalue weighted by molar-refractivity contribution is -0.113. The molecule has 1 N–H and O–H groups in total. The van der Waals surface area contributed by atoms with Crippen molar-refractivity contribution in [1.82, 2.24) is 14.1 Å². The number of fused-ring (bicyclic) bond motifs is 1. The topological polar surface area (TPSA) is 96.7 Å². The van der Waals surface area contributed by atoms with E-state index in [0.29, 0.717) is 11.3 Å². The van der Waals surface area contributed by atoms with Crippen molar-refractivity contribution in [2.75, 3.05) is 12.4 Å². The van der Waals surface area contributed by atoms with Gasteiger partial charge in [0.2, 0.25) is 0 Å². The van der Waals surface area contributed by atoms with Crippen LogP contribution in [0.4, 0.5) is 5.69 Å². The largest absolute Gasteiger partial charge is 0.345 e. The van der Waals surface area contributed by atoms with Gasteiger partial charge in [-0.2, -0.15) is 13.5 Å². The first-order valence-corrected chi connectivity index (χ1v) is 10.2. The fourth-order valence-electron chi connectivity index (χ4n) is 3.14. The Bertz CT molecular complexity index is 1300. The van der Waals surface area contributed by atoms with Crippen molar-refractivity contribution in [2.24, 2.45) is 11.4 Å². The van der Waals surface area contributed by atoms with Gasteiger partial charge in [-0.3, -0.25) is 9.48 Å². The van der Waals surface area contributed by atoms with Gasteiger partial charge in [0.05, 0.1) is 17.4 Å². The Labute approximate surface area is 168 Å². The normalized spacial score (nSPS) is 15.8. The summed E-state index contributed by atoms with van der Waals surface area (Å²) in [6.45, 7) is 1.91. The van der Waals surface area contributed by atoms with Crippen molar-refractivity contribution in [3.05, 3.63) is 71.6 Å². The molecule has 3 aromatic rings. The fourth-order valence-corrected chi connectivity index (χ4v) is 4.06. The second-order valence-electron chi connectivity index (χ2n) is 6.82. The first-order chi connectivity index (χ1) is 13.7. The van der Waals surface area contributed by atoms with E-state index in [4.69, 9.17) is 0 Å². The number of rotatable bonds is 3. The molecule has 1 aromatic heterocycles. The summed E-state index contributed by atoms with van der Waals surface area (Å²) in [6.07, 6.45) is 3.17. The van der Waals surface area contributed by atoms with Crippen LogP contribution in [0.25, 0.3) is 10.9 Å². The van der Waals surface area contributed by atoms with Gasteiger partial charge in [-0.1, -0.05) is 18.2 Å². The molecule has 0 saturated heterocycles.